The van der Waals surface area contributed by atoms with Crippen LogP contribution < -0.4 is 0 Å². The van der Waals surface area contributed by atoms with E-state index >= 15 is 0 Å². The number of benzene rings is 3. The number of aryl methyl sites for hydroxylation is 2. The van der Waals surface area contributed by atoms with Gasteiger partial charge in [0.15, 0.2) is 5.58 Å². The van der Waals surface area contributed by atoms with E-state index in [9.17, 15) is 5.11 Å². The van der Waals surface area contributed by atoms with Gasteiger partial charge >= 0.3 is 0 Å². The van der Waals surface area contributed by atoms with Crippen LogP contribution in [0.25, 0.3) is 22.6 Å². The van der Waals surface area contributed by atoms with Crippen molar-refractivity contribution in [2.24, 2.45) is 4.99 Å². The van der Waals surface area contributed by atoms with Gasteiger partial charge in [-0.15, -0.1) is 0 Å². The van der Waals surface area contributed by atoms with E-state index in [4.69, 9.17) is 16.0 Å². The molecule has 0 fully saturated rings. The minimum atomic E-state index is 0.128. The van der Waals surface area contributed by atoms with E-state index in [-0.39, 0.29) is 5.75 Å². The zero-order valence-electron chi connectivity index (χ0n) is 14.9. The molecule has 4 nitrogen and oxygen atoms in total. The molecule has 3 aromatic carbocycles. The molecule has 0 aliphatic carbocycles. The monoisotopic (exact) mass is 376 g/mol. The lowest BCUT2D eigenvalue weighted by molar-refractivity contribution is 0.474. The first-order valence-corrected chi connectivity index (χ1v) is 8.88. The lowest BCUT2D eigenvalue weighted by Gasteiger charge is -2.01. The quantitative estimate of drug-likeness (QED) is 0.432. The Morgan fingerprint density at radius 3 is 2.70 bits per heavy atom. The van der Waals surface area contributed by atoms with E-state index in [1.807, 2.05) is 37.3 Å². The summed E-state index contributed by atoms with van der Waals surface area (Å²) in [6.45, 7) is 4.11. The fourth-order valence-electron chi connectivity index (χ4n) is 2.94. The molecule has 0 saturated heterocycles. The van der Waals surface area contributed by atoms with Crippen LogP contribution >= 0.6 is 11.6 Å². The maximum absolute atomic E-state index is 9.88. The lowest BCUT2D eigenvalue weighted by atomic mass is 10.1. The smallest absolute Gasteiger partial charge is 0.227 e. The molecule has 0 aliphatic heterocycles. The summed E-state index contributed by atoms with van der Waals surface area (Å²) in [5.74, 6) is 0.721. The average Bonchev–Trinajstić information content (AvgIpc) is 3.05. The predicted octanol–water partition coefficient (Wildman–Crippen LogP) is 6.22. The summed E-state index contributed by atoms with van der Waals surface area (Å²) in [6, 6.07) is 16.6. The van der Waals surface area contributed by atoms with Crippen LogP contribution in [0.1, 0.15) is 16.7 Å². The molecule has 134 valence electrons. The largest absolute Gasteiger partial charge is 0.507 e. The van der Waals surface area contributed by atoms with E-state index in [0.29, 0.717) is 27.7 Å². The van der Waals surface area contributed by atoms with Crippen LogP contribution in [0.15, 0.2) is 64.0 Å². The highest BCUT2D eigenvalue weighted by Crippen LogP contribution is 2.29. The summed E-state index contributed by atoms with van der Waals surface area (Å²) in [4.78, 5) is 9.02. The summed E-state index contributed by atoms with van der Waals surface area (Å²) in [5.41, 5.74) is 6.00. The zero-order valence-corrected chi connectivity index (χ0v) is 15.7. The molecule has 5 heteroatoms. The second kappa shape index (κ2) is 6.89. The van der Waals surface area contributed by atoms with Crippen molar-refractivity contribution >= 4 is 34.6 Å². The number of hydrogen-bond donors (Lipinski definition) is 1. The Bertz CT molecular complexity index is 1180. The first-order valence-electron chi connectivity index (χ1n) is 8.50. The van der Waals surface area contributed by atoms with Crippen LogP contribution in [0.5, 0.6) is 5.75 Å². The first kappa shape index (κ1) is 17.3. The molecule has 1 heterocycles. The molecule has 1 aromatic heterocycles. The van der Waals surface area contributed by atoms with Gasteiger partial charge in [-0.05, 0) is 61.9 Å². The van der Waals surface area contributed by atoms with Crippen molar-refractivity contribution in [2.75, 3.05) is 0 Å². The van der Waals surface area contributed by atoms with Gasteiger partial charge < -0.3 is 9.52 Å². The molecule has 0 saturated carbocycles. The molecule has 0 spiro atoms. The predicted molar refractivity (Wildman–Crippen MR) is 109 cm³/mol. The Morgan fingerprint density at radius 1 is 1.04 bits per heavy atom. The Morgan fingerprint density at radius 2 is 1.89 bits per heavy atom. The highest BCUT2D eigenvalue weighted by Gasteiger charge is 2.11. The fourth-order valence-corrected chi connectivity index (χ4v) is 3.12. The lowest BCUT2D eigenvalue weighted by Crippen LogP contribution is -1.84. The molecule has 4 rings (SSSR count). The molecule has 4 aromatic rings. The van der Waals surface area contributed by atoms with Gasteiger partial charge in [0.25, 0.3) is 0 Å². The van der Waals surface area contributed by atoms with Gasteiger partial charge in [-0.2, -0.15) is 0 Å². The van der Waals surface area contributed by atoms with Crippen LogP contribution in [0.3, 0.4) is 0 Å². The van der Waals surface area contributed by atoms with E-state index in [1.165, 1.54) is 5.56 Å². The van der Waals surface area contributed by atoms with Crippen molar-refractivity contribution in [3.8, 4) is 17.2 Å². The third kappa shape index (κ3) is 3.57. The van der Waals surface area contributed by atoms with Crippen LogP contribution in [-0.2, 0) is 0 Å². The van der Waals surface area contributed by atoms with Crippen molar-refractivity contribution in [1.29, 1.82) is 0 Å². The Hall–Kier alpha value is -3.11. The molecular formula is C22H17ClN2O2. The number of hydrogen-bond acceptors (Lipinski definition) is 4. The number of phenols is 1. The fraction of sp³-hybridized carbons (Fsp3) is 0.0909. The van der Waals surface area contributed by atoms with Crippen LogP contribution in [0.2, 0.25) is 5.02 Å². The molecule has 0 atom stereocenters. The second-order valence-corrected chi connectivity index (χ2v) is 6.89. The van der Waals surface area contributed by atoms with Gasteiger partial charge in [-0.3, -0.25) is 4.99 Å². The van der Waals surface area contributed by atoms with Gasteiger partial charge in [-0.25, -0.2) is 4.98 Å². The second-order valence-electron chi connectivity index (χ2n) is 6.45. The van der Waals surface area contributed by atoms with E-state index in [2.05, 4.69) is 23.0 Å². The molecule has 0 amide bonds. The Balaban J connectivity index is 1.68. The molecule has 0 radical (unpaired) electrons. The number of phenolic OH excluding ortho intramolecular Hbond substituents is 1. The van der Waals surface area contributed by atoms with Crippen molar-refractivity contribution in [1.82, 2.24) is 4.98 Å². The number of oxazole rings is 1. The third-order valence-corrected chi connectivity index (χ3v) is 4.56. The van der Waals surface area contributed by atoms with Crippen molar-refractivity contribution < 1.29 is 9.52 Å². The van der Waals surface area contributed by atoms with Crippen LogP contribution in [0.4, 0.5) is 5.69 Å². The van der Waals surface area contributed by atoms with Crippen molar-refractivity contribution in [2.45, 2.75) is 13.8 Å². The summed E-state index contributed by atoms with van der Waals surface area (Å²) >= 11 is 5.96. The number of rotatable bonds is 3. The number of aromatic hydroxyl groups is 1. The van der Waals surface area contributed by atoms with Gasteiger partial charge in [0, 0.05) is 22.4 Å². The zero-order chi connectivity index (χ0) is 19.0. The highest BCUT2D eigenvalue weighted by atomic mass is 35.5. The molecular weight excluding hydrogens is 360 g/mol. The number of aliphatic imine (C=N–C) groups is 1. The minimum absolute atomic E-state index is 0.128. The Labute approximate surface area is 161 Å². The van der Waals surface area contributed by atoms with Gasteiger partial charge in [-0.1, -0.05) is 29.3 Å². The molecule has 0 bridgehead atoms. The van der Waals surface area contributed by atoms with Crippen molar-refractivity contribution in [3.05, 3.63) is 76.3 Å². The molecule has 0 aliphatic rings. The third-order valence-electron chi connectivity index (χ3n) is 4.33. The normalized spacial score (nSPS) is 11.5. The molecule has 0 unspecified atom stereocenters. The van der Waals surface area contributed by atoms with E-state index < -0.39 is 0 Å². The summed E-state index contributed by atoms with van der Waals surface area (Å²) < 4.78 is 5.91. The highest BCUT2D eigenvalue weighted by molar-refractivity contribution is 6.30. The van der Waals surface area contributed by atoms with Crippen LogP contribution in [0, 0.1) is 13.8 Å². The SMILES string of the molecule is Cc1ccc(-c2nc3cc(N=Cc4cc(Cl)ccc4O)ccc3o2)c(C)c1. The van der Waals surface area contributed by atoms with Gasteiger partial charge in [0.1, 0.15) is 11.3 Å². The molecule has 1 N–H and O–H groups in total. The van der Waals surface area contributed by atoms with Crippen LogP contribution in [-0.4, -0.2) is 16.3 Å². The number of fused-ring (bicyclic) bond motifs is 1. The summed E-state index contributed by atoms with van der Waals surface area (Å²) in [5, 5.41) is 10.4. The number of halogens is 1. The molecule has 27 heavy (non-hydrogen) atoms. The summed E-state index contributed by atoms with van der Waals surface area (Å²) in [7, 11) is 0. The average molecular weight is 377 g/mol. The van der Waals surface area contributed by atoms with Crippen molar-refractivity contribution in [3.63, 3.8) is 0 Å². The first-order chi connectivity index (χ1) is 13.0. The van der Waals surface area contributed by atoms with Gasteiger partial charge in [0.05, 0.1) is 5.69 Å². The number of nitrogens with zero attached hydrogens (tertiary/aromatic N) is 2. The maximum atomic E-state index is 9.88. The standard InChI is InChI=1S/C22H17ClN2O2/c1-13-3-6-18(14(2)9-13)22-25-19-11-17(5-8-21(19)27-22)24-12-15-10-16(23)4-7-20(15)26/h3-12,26H,1-2H3. The maximum Gasteiger partial charge on any atom is 0.227 e. The topological polar surface area (TPSA) is 58.6 Å². The van der Waals surface area contributed by atoms with E-state index in [0.717, 1.165) is 16.6 Å². The van der Waals surface area contributed by atoms with Gasteiger partial charge in [0.2, 0.25) is 5.89 Å². The van der Waals surface area contributed by atoms with E-state index in [1.54, 1.807) is 24.4 Å². The minimum Gasteiger partial charge on any atom is -0.507 e. The Kier molecular flexibility index (Phi) is 4.42. The number of aromatic nitrogens is 1. The summed E-state index contributed by atoms with van der Waals surface area (Å²) in [6.07, 6.45) is 1.58.